The van der Waals surface area contributed by atoms with Crippen LogP contribution in [0.5, 0.6) is 0 Å². The van der Waals surface area contributed by atoms with Gasteiger partial charge in [0.1, 0.15) is 0 Å². The Labute approximate surface area is 205 Å². The molecule has 3 rings (SSSR count). The second-order valence-corrected chi connectivity index (χ2v) is 9.99. The van der Waals surface area contributed by atoms with Gasteiger partial charge in [0.2, 0.25) is 5.91 Å². The summed E-state index contributed by atoms with van der Waals surface area (Å²) in [6, 6.07) is 5.63. The fourth-order valence-corrected chi connectivity index (χ4v) is 5.22. The van der Waals surface area contributed by atoms with E-state index >= 15 is 0 Å². The molecule has 1 amide bonds. The lowest BCUT2D eigenvalue weighted by Crippen LogP contribution is -2.47. The van der Waals surface area contributed by atoms with E-state index in [-0.39, 0.29) is 30.2 Å². The molecule has 7 nitrogen and oxygen atoms in total. The van der Waals surface area contributed by atoms with Gasteiger partial charge in [0.25, 0.3) is 0 Å². The highest BCUT2D eigenvalue weighted by molar-refractivity contribution is 8.01. The van der Waals surface area contributed by atoms with E-state index in [1.165, 1.54) is 23.1 Å². The Balaban J connectivity index is 1.38. The largest absolute Gasteiger partial charge is 0.466 e. The fourth-order valence-electron chi connectivity index (χ4n) is 3.16. The summed E-state index contributed by atoms with van der Waals surface area (Å²) < 4.78 is 11.5. The Morgan fingerprint density at radius 3 is 3.06 bits per heavy atom. The van der Waals surface area contributed by atoms with Gasteiger partial charge in [-0.3, -0.25) is 14.5 Å². The van der Waals surface area contributed by atoms with Crippen LogP contribution in [0.15, 0.2) is 27.9 Å². The average molecular weight is 518 g/mol. The van der Waals surface area contributed by atoms with Crippen LogP contribution < -0.4 is 5.32 Å². The number of nitrogens with zero attached hydrogens (tertiary/aromatic N) is 2. The van der Waals surface area contributed by atoms with Crippen LogP contribution in [0.4, 0.5) is 0 Å². The molecular formula is C21H25Cl2N3O4S2. The third kappa shape index (κ3) is 7.90. The molecule has 1 aliphatic rings. The number of esters is 1. The summed E-state index contributed by atoms with van der Waals surface area (Å²) in [5.74, 6) is -0.136. The number of benzene rings is 1. The first-order valence-electron chi connectivity index (χ1n) is 10.2. The van der Waals surface area contributed by atoms with Crippen LogP contribution in [0.1, 0.15) is 18.2 Å². The van der Waals surface area contributed by atoms with Gasteiger partial charge in [0.05, 0.1) is 47.2 Å². The number of aromatic nitrogens is 1. The Bertz CT molecular complexity index is 928. The van der Waals surface area contributed by atoms with Crippen LogP contribution in [-0.4, -0.2) is 66.5 Å². The maximum Gasteiger partial charge on any atom is 0.311 e. The standard InChI is InChI=1S/C21H25Cl2N3O4S2/c1-2-29-19(28)8-15-12-31-21(25-15)32-13-18(27)24-9-16-11-26(6-7-30-16)10-14-4-3-5-17(22)20(14)23/h3-5,12,16H,2,6-11,13H2,1H3,(H,24,27)/t16-/m0/s1. The Morgan fingerprint density at radius 1 is 1.41 bits per heavy atom. The molecule has 0 spiro atoms. The van der Waals surface area contributed by atoms with Gasteiger partial charge in [0, 0.05) is 31.6 Å². The van der Waals surface area contributed by atoms with Crippen molar-refractivity contribution in [3.63, 3.8) is 0 Å². The van der Waals surface area contributed by atoms with Crippen molar-refractivity contribution in [1.29, 1.82) is 0 Å². The molecule has 174 valence electrons. The summed E-state index contributed by atoms with van der Waals surface area (Å²) >= 11 is 15.2. The van der Waals surface area contributed by atoms with Crippen molar-refractivity contribution in [2.45, 2.75) is 30.3 Å². The van der Waals surface area contributed by atoms with Crippen LogP contribution in [0.3, 0.4) is 0 Å². The van der Waals surface area contributed by atoms with Gasteiger partial charge < -0.3 is 14.8 Å². The first-order valence-corrected chi connectivity index (χ1v) is 12.8. The van der Waals surface area contributed by atoms with Crippen molar-refractivity contribution >= 4 is 58.2 Å². The Kier molecular flexibility index (Phi) is 10.1. The molecular weight excluding hydrogens is 493 g/mol. The minimum Gasteiger partial charge on any atom is -0.466 e. The Morgan fingerprint density at radius 2 is 2.25 bits per heavy atom. The molecule has 1 atom stereocenters. The number of halogens is 2. The summed E-state index contributed by atoms with van der Waals surface area (Å²) in [5.41, 5.74) is 1.64. The second-order valence-electron chi connectivity index (χ2n) is 7.12. The molecule has 1 aromatic heterocycles. The minimum absolute atomic E-state index is 0.0873. The molecule has 2 heterocycles. The maximum absolute atomic E-state index is 12.3. The molecule has 0 aliphatic carbocycles. The van der Waals surface area contributed by atoms with Crippen molar-refractivity contribution in [2.24, 2.45) is 0 Å². The van der Waals surface area contributed by atoms with Gasteiger partial charge in [-0.2, -0.15) is 0 Å². The zero-order valence-corrected chi connectivity index (χ0v) is 20.8. The molecule has 1 N–H and O–H groups in total. The highest BCUT2D eigenvalue weighted by Gasteiger charge is 2.22. The number of rotatable bonds is 10. The zero-order chi connectivity index (χ0) is 22.9. The van der Waals surface area contributed by atoms with E-state index in [2.05, 4.69) is 15.2 Å². The third-order valence-electron chi connectivity index (χ3n) is 4.66. The average Bonchev–Trinajstić information content (AvgIpc) is 3.21. The predicted molar refractivity (Wildman–Crippen MR) is 128 cm³/mol. The third-order valence-corrected chi connectivity index (χ3v) is 7.59. The number of amides is 1. The number of carbonyl (C=O) groups is 2. The highest BCUT2D eigenvalue weighted by Crippen LogP contribution is 2.27. The van der Waals surface area contributed by atoms with E-state index in [1.807, 2.05) is 17.5 Å². The van der Waals surface area contributed by atoms with E-state index < -0.39 is 0 Å². The number of thiazole rings is 1. The van der Waals surface area contributed by atoms with Crippen molar-refractivity contribution in [2.75, 3.05) is 38.6 Å². The zero-order valence-electron chi connectivity index (χ0n) is 17.6. The van der Waals surface area contributed by atoms with E-state index in [0.29, 0.717) is 48.6 Å². The van der Waals surface area contributed by atoms with Gasteiger partial charge in [-0.25, -0.2) is 4.98 Å². The first-order chi connectivity index (χ1) is 15.4. The number of nitrogens with one attached hydrogen (secondary N) is 1. The van der Waals surface area contributed by atoms with Crippen LogP contribution >= 0.6 is 46.3 Å². The first kappa shape index (κ1) is 25.3. The van der Waals surface area contributed by atoms with E-state index in [9.17, 15) is 9.59 Å². The molecule has 11 heteroatoms. The van der Waals surface area contributed by atoms with Crippen molar-refractivity contribution in [3.05, 3.63) is 44.9 Å². The summed E-state index contributed by atoms with van der Waals surface area (Å²) in [6.07, 6.45) is 0.0548. The summed E-state index contributed by atoms with van der Waals surface area (Å²) in [6.45, 7) is 5.31. The fraction of sp³-hybridized carbons (Fsp3) is 0.476. The molecule has 1 fully saturated rings. The SMILES string of the molecule is CCOC(=O)Cc1csc(SCC(=O)NC[C@H]2CN(Cc3cccc(Cl)c3Cl)CCO2)n1. The topological polar surface area (TPSA) is 80.8 Å². The molecule has 0 unspecified atom stereocenters. The lowest BCUT2D eigenvalue weighted by Gasteiger charge is -2.33. The normalized spacial score (nSPS) is 16.7. The lowest BCUT2D eigenvalue weighted by molar-refractivity contribution is -0.142. The molecule has 2 aromatic rings. The van der Waals surface area contributed by atoms with Crippen molar-refractivity contribution < 1.29 is 19.1 Å². The number of ether oxygens (including phenoxy) is 2. The van der Waals surface area contributed by atoms with Gasteiger partial charge in [-0.1, -0.05) is 47.1 Å². The monoisotopic (exact) mass is 517 g/mol. The summed E-state index contributed by atoms with van der Waals surface area (Å²) in [4.78, 5) is 30.4. The molecule has 0 radical (unpaired) electrons. The van der Waals surface area contributed by atoms with E-state index in [1.54, 1.807) is 13.0 Å². The van der Waals surface area contributed by atoms with Gasteiger partial charge in [-0.05, 0) is 18.6 Å². The number of morpholine rings is 1. The molecule has 32 heavy (non-hydrogen) atoms. The number of hydrogen-bond donors (Lipinski definition) is 1. The predicted octanol–water partition coefficient (Wildman–Crippen LogP) is 3.66. The van der Waals surface area contributed by atoms with Crippen molar-refractivity contribution in [1.82, 2.24) is 15.2 Å². The Hall–Kier alpha value is -1.36. The summed E-state index contributed by atoms with van der Waals surface area (Å²) in [7, 11) is 0. The van der Waals surface area contributed by atoms with Crippen molar-refractivity contribution in [3.8, 4) is 0 Å². The molecule has 1 saturated heterocycles. The quantitative estimate of drug-likeness (QED) is 0.380. The van der Waals surface area contributed by atoms with Gasteiger partial charge in [0.15, 0.2) is 4.34 Å². The molecule has 1 aliphatic heterocycles. The number of carbonyl (C=O) groups excluding carboxylic acids is 2. The summed E-state index contributed by atoms with van der Waals surface area (Å²) in [5, 5.41) is 5.87. The molecule has 1 aromatic carbocycles. The van der Waals surface area contributed by atoms with Gasteiger partial charge >= 0.3 is 5.97 Å². The van der Waals surface area contributed by atoms with Crippen LogP contribution in [0, 0.1) is 0 Å². The maximum atomic E-state index is 12.3. The molecule has 0 bridgehead atoms. The highest BCUT2D eigenvalue weighted by atomic mass is 35.5. The number of thioether (sulfide) groups is 1. The van der Waals surface area contributed by atoms with Crippen LogP contribution in [-0.2, 0) is 32.0 Å². The smallest absolute Gasteiger partial charge is 0.311 e. The molecule has 0 saturated carbocycles. The number of hydrogen-bond acceptors (Lipinski definition) is 8. The van der Waals surface area contributed by atoms with E-state index in [4.69, 9.17) is 32.7 Å². The van der Waals surface area contributed by atoms with Crippen LogP contribution in [0.2, 0.25) is 10.0 Å². The van der Waals surface area contributed by atoms with E-state index in [0.717, 1.165) is 16.4 Å². The van der Waals surface area contributed by atoms with Crippen LogP contribution in [0.25, 0.3) is 0 Å². The lowest BCUT2D eigenvalue weighted by atomic mass is 10.2. The second kappa shape index (κ2) is 12.8. The van der Waals surface area contributed by atoms with Gasteiger partial charge in [-0.15, -0.1) is 11.3 Å². The minimum atomic E-state index is -0.300.